The summed E-state index contributed by atoms with van der Waals surface area (Å²) in [4.78, 5) is 11.6. The molecule has 0 fully saturated rings. The molecule has 0 aliphatic carbocycles. The summed E-state index contributed by atoms with van der Waals surface area (Å²) in [5.41, 5.74) is 5.21. The molecule has 0 unspecified atom stereocenters. The molecule has 0 aromatic carbocycles. The summed E-state index contributed by atoms with van der Waals surface area (Å²) < 4.78 is 2.20. The summed E-state index contributed by atoms with van der Waals surface area (Å²) in [7, 11) is 0. The van der Waals surface area contributed by atoms with E-state index in [2.05, 4.69) is 15.9 Å². The Morgan fingerprint density at radius 1 is 1.62 bits per heavy atom. The van der Waals surface area contributed by atoms with Crippen LogP contribution in [0.25, 0.3) is 0 Å². The van der Waals surface area contributed by atoms with Crippen molar-refractivity contribution in [2.24, 2.45) is 5.73 Å². The maximum atomic E-state index is 11.6. The molecule has 0 saturated heterocycles. The van der Waals surface area contributed by atoms with E-state index in [1.165, 1.54) is 0 Å². The first-order valence-electron chi connectivity index (χ1n) is 4.07. The Balaban J connectivity index is 3.31. The molecule has 1 aromatic heterocycles. The average Bonchev–Trinajstić information content (AvgIpc) is 2.09. The van der Waals surface area contributed by atoms with Gasteiger partial charge in [0.2, 0.25) is 0 Å². The Morgan fingerprint density at radius 3 is 2.77 bits per heavy atom. The molecular formula is C9H13BrN2O. The predicted molar refractivity (Wildman–Crippen MR) is 56.8 cm³/mol. The number of hydrogen-bond donors (Lipinski definition) is 1. The number of aromatic nitrogens is 1. The molecule has 4 heteroatoms. The van der Waals surface area contributed by atoms with Crippen LogP contribution in [-0.4, -0.2) is 11.1 Å². The van der Waals surface area contributed by atoms with Crippen LogP contribution in [0.1, 0.15) is 13.8 Å². The minimum absolute atomic E-state index is 0.0436. The lowest BCUT2D eigenvalue weighted by Gasteiger charge is -2.25. The second kappa shape index (κ2) is 3.64. The summed E-state index contributed by atoms with van der Waals surface area (Å²) >= 11 is 3.19. The molecular weight excluding hydrogens is 232 g/mol. The zero-order valence-electron chi connectivity index (χ0n) is 7.75. The van der Waals surface area contributed by atoms with E-state index in [4.69, 9.17) is 5.73 Å². The Kier molecular flexibility index (Phi) is 2.93. The first kappa shape index (κ1) is 10.5. The minimum atomic E-state index is -0.332. The predicted octanol–water partition coefficient (Wildman–Crippen LogP) is 1.30. The van der Waals surface area contributed by atoms with Gasteiger partial charge < -0.3 is 10.3 Å². The quantitative estimate of drug-likeness (QED) is 0.853. The molecule has 1 heterocycles. The second-order valence-corrected chi connectivity index (χ2v) is 4.40. The van der Waals surface area contributed by atoms with Crippen LogP contribution in [0.2, 0.25) is 0 Å². The Bertz CT molecular complexity index is 357. The van der Waals surface area contributed by atoms with Crippen LogP contribution in [0.5, 0.6) is 0 Å². The third kappa shape index (κ3) is 2.00. The van der Waals surface area contributed by atoms with Gasteiger partial charge in [0.15, 0.2) is 0 Å². The van der Waals surface area contributed by atoms with Crippen LogP contribution < -0.4 is 11.3 Å². The summed E-state index contributed by atoms with van der Waals surface area (Å²) in [5.74, 6) is 0. The summed E-state index contributed by atoms with van der Waals surface area (Å²) in [6.07, 6.45) is 1.75. The van der Waals surface area contributed by atoms with E-state index in [0.717, 1.165) is 0 Å². The van der Waals surface area contributed by atoms with Gasteiger partial charge in [-0.2, -0.15) is 0 Å². The molecule has 0 aliphatic heterocycles. The fourth-order valence-electron chi connectivity index (χ4n) is 1.04. The Morgan fingerprint density at radius 2 is 2.23 bits per heavy atom. The van der Waals surface area contributed by atoms with Crippen molar-refractivity contribution in [3.05, 3.63) is 33.2 Å². The van der Waals surface area contributed by atoms with E-state index in [1.807, 2.05) is 19.9 Å². The standard InChI is InChI=1S/C9H13BrN2O/c1-9(2,6-11)12-5-3-4-7(10)8(12)13/h3-5H,6,11H2,1-2H3. The number of hydrogen-bond acceptors (Lipinski definition) is 2. The first-order valence-corrected chi connectivity index (χ1v) is 4.86. The molecule has 1 rings (SSSR count). The molecule has 0 radical (unpaired) electrons. The maximum Gasteiger partial charge on any atom is 0.265 e. The monoisotopic (exact) mass is 244 g/mol. The van der Waals surface area contributed by atoms with Gasteiger partial charge in [0.25, 0.3) is 5.56 Å². The molecule has 0 bridgehead atoms. The summed E-state index contributed by atoms with van der Waals surface area (Å²) in [5, 5.41) is 0. The largest absolute Gasteiger partial charge is 0.328 e. The number of pyridine rings is 1. The van der Waals surface area contributed by atoms with Crippen molar-refractivity contribution in [1.29, 1.82) is 0 Å². The third-order valence-corrected chi connectivity index (χ3v) is 2.66. The molecule has 0 atom stereocenters. The van der Waals surface area contributed by atoms with Gasteiger partial charge in [-0.05, 0) is 41.9 Å². The highest BCUT2D eigenvalue weighted by atomic mass is 79.9. The number of halogens is 1. The zero-order valence-corrected chi connectivity index (χ0v) is 9.34. The van der Waals surface area contributed by atoms with Gasteiger partial charge >= 0.3 is 0 Å². The van der Waals surface area contributed by atoms with Gasteiger partial charge in [0.1, 0.15) is 0 Å². The first-order chi connectivity index (χ1) is 5.99. The van der Waals surface area contributed by atoms with Crippen LogP contribution in [0, 0.1) is 0 Å². The summed E-state index contributed by atoms with van der Waals surface area (Å²) in [6, 6.07) is 3.55. The minimum Gasteiger partial charge on any atom is -0.328 e. The van der Waals surface area contributed by atoms with Crippen molar-refractivity contribution in [3.63, 3.8) is 0 Å². The van der Waals surface area contributed by atoms with Gasteiger partial charge in [0, 0.05) is 12.7 Å². The van der Waals surface area contributed by atoms with Crippen molar-refractivity contribution >= 4 is 15.9 Å². The highest BCUT2D eigenvalue weighted by molar-refractivity contribution is 9.10. The topological polar surface area (TPSA) is 48.0 Å². The highest BCUT2D eigenvalue weighted by Gasteiger charge is 2.19. The molecule has 3 nitrogen and oxygen atoms in total. The third-order valence-electron chi connectivity index (χ3n) is 2.05. The smallest absolute Gasteiger partial charge is 0.265 e. The maximum absolute atomic E-state index is 11.6. The molecule has 0 aliphatic rings. The molecule has 1 aromatic rings. The fourth-order valence-corrected chi connectivity index (χ4v) is 1.39. The van der Waals surface area contributed by atoms with Gasteiger partial charge in [-0.25, -0.2) is 0 Å². The van der Waals surface area contributed by atoms with Crippen molar-refractivity contribution in [2.75, 3.05) is 6.54 Å². The van der Waals surface area contributed by atoms with Crippen molar-refractivity contribution in [2.45, 2.75) is 19.4 Å². The zero-order chi connectivity index (χ0) is 10.1. The number of rotatable bonds is 2. The lowest BCUT2D eigenvalue weighted by Crippen LogP contribution is -2.41. The second-order valence-electron chi connectivity index (χ2n) is 3.55. The van der Waals surface area contributed by atoms with E-state index in [1.54, 1.807) is 16.8 Å². The Labute approximate surface area is 85.7 Å². The summed E-state index contributed by atoms with van der Waals surface area (Å²) in [6.45, 7) is 4.30. The Hall–Kier alpha value is -0.610. The molecule has 13 heavy (non-hydrogen) atoms. The number of nitrogens with two attached hydrogens (primary N) is 1. The van der Waals surface area contributed by atoms with E-state index >= 15 is 0 Å². The molecule has 0 saturated carbocycles. The van der Waals surface area contributed by atoms with E-state index in [-0.39, 0.29) is 11.1 Å². The van der Waals surface area contributed by atoms with Crippen molar-refractivity contribution in [1.82, 2.24) is 4.57 Å². The van der Waals surface area contributed by atoms with Gasteiger partial charge in [-0.3, -0.25) is 4.79 Å². The number of nitrogens with zero attached hydrogens (tertiary/aromatic N) is 1. The van der Waals surface area contributed by atoms with Crippen LogP contribution in [0.3, 0.4) is 0 Å². The molecule has 0 amide bonds. The molecule has 2 N–H and O–H groups in total. The van der Waals surface area contributed by atoms with Gasteiger partial charge in [-0.1, -0.05) is 0 Å². The molecule has 72 valence electrons. The highest BCUT2D eigenvalue weighted by Crippen LogP contribution is 2.11. The van der Waals surface area contributed by atoms with E-state index < -0.39 is 0 Å². The van der Waals surface area contributed by atoms with Crippen LogP contribution in [-0.2, 0) is 5.54 Å². The van der Waals surface area contributed by atoms with Crippen LogP contribution >= 0.6 is 15.9 Å². The average molecular weight is 245 g/mol. The van der Waals surface area contributed by atoms with Crippen LogP contribution in [0.15, 0.2) is 27.6 Å². The lowest BCUT2D eigenvalue weighted by atomic mass is 10.1. The van der Waals surface area contributed by atoms with Crippen LogP contribution in [0.4, 0.5) is 0 Å². The van der Waals surface area contributed by atoms with Gasteiger partial charge in [-0.15, -0.1) is 0 Å². The van der Waals surface area contributed by atoms with Crippen molar-refractivity contribution in [3.8, 4) is 0 Å². The van der Waals surface area contributed by atoms with E-state index in [9.17, 15) is 4.79 Å². The fraction of sp³-hybridized carbons (Fsp3) is 0.444. The molecule has 0 spiro atoms. The SMILES string of the molecule is CC(C)(CN)n1cccc(Br)c1=O. The van der Waals surface area contributed by atoms with Crippen molar-refractivity contribution < 1.29 is 0 Å². The van der Waals surface area contributed by atoms with Gasteiger partial charge in [0.05, 0.1) is 10.0 Å². The van der Waals surface area contributed by atoms with E-state index in [0.29, 0.717) is 11.0 Å². The normalized spacial score (nSPS) is 11.7. The lowest BCUT2D eigenvalue weighted by molar-refractivity contribution is 0.355.